The molecule has 0 aromatic rings. The molecule has 4 heteroatoms. The molecule has 0 bridgehead atoms. The topological polar surface area (TPSA) is 58.6 Å². The van der Waals surface area contributed by atoms with Crippen LogP contribution in [0.5, 0.6) is 0 Å². The largest absolute Gasteiger partial charge is 0.444 e. The van der Waals surface area contributed by atoms with Crippen LogP contribution in [0.25, 0.3) is 0 Å². The number of aliphatic hydroxyl groups excluding tert-OH is 1. The third-order valence-electron chi connectivity index (χ3n) is 1.62. The molecule has 0 aliphatic rings. The third kappa shape index (κ3) is 6.81. The molecule has 4 nitrogen and oxygen atoms in total. The van der Waals surface area contributed by atoms with Crippen LogP contribution in [-0.2, 0) is 4.74 Å². The monoisotopic (exact) mass is 213 g/mol. The smallest absolute Gasteiger partial charge is 0.407 e. The molecule has 0 heterocycles. The molecule has 15 heavy (non-hydrogen) atoms. The van der Waals surface area contributed by atoms with E-state index in [4.69, 9.17) is 11.2 Å². The lowest BCUT2D eigenvalue weighted by molar-refractivity contribution is 0.0441. The number of carbonyl (C=O) groups excluding carboxylic acids is 1. The molecule has 0 aliphatic carbocycles. The Bertz CT molecular complexity index is 248. The summed E-state index contributed by atoms with van der Waals surface area (Å²) in [4.78, 5) is 11.3. The summed E-state index contributed by atoms with van der Waals surface area (Å²) in [6, 6.07) is -0.468. The molecule has 2 atom stereocenters. The quantitative estimate of drug-likeness (QED) is 0.694. The van der Waals surface area contributed by atoms with E-state index >= 15 is 0 Å². The van der Waals surface area contributed by atoms with E-state index in [1.54, 1.807) is 27.7 Å². The van der Waals surface area contributed by atoms with Gasteiger partial charge in [0.1, 0.15) is 5.60 Å². The van der Waals surface area contributed by atoms with Crippen molar-refractivity contribution in [3.05, 3.63) is 0 Å². The van der Waals surface area contributed by atoms with Gasteiger partial charge in [-0.2, -0.15) is 0 Å². The highest BCUT2D eigenvalue weighted by Crippen LogP contribution is 2.07. The van der Waals surface area contributed by atoms with Crippen molar-refractivity contribution in [2.24, 2.45) is 0 Å². The number of amides is 1. The zero-order valence-corrected chi connectivity index (χ0v) is 9.70. The maximum atomic E-state index is 11.3. The van der Waals surface area contributed by atoms with Gasteiger partial charge >= 0.3 is 6.09 Å². The van der Waals surface area contributed by atoms with Gasteiger partial charge in [0.05, 0.1) is 12.1 Å². The number of hydrogen-bond donors (Lipinski definition) is 2. The van der Waals surface area contributed by atoms with Crippen LogP contribution in [0.2, 0.25) is 0 Å². The molecule has 0 rings (SSSR count). The summed E-state index contributed by atoms with van der Waals surface area (Å²) < 4.78 is 5.03. The lowest BCUT2D eigenvalue weighted by Gasteiger charge is -2.24. The number of nitrogens with one attached hydrogen (secondary N) is 1. The Balaban J connectivity index is 4.19. The van der Waals surface area contributed by atoms with E-state index in [0.717, 1.165) is 0 Å². The molecule has 0 spiro atoms. The SMILES string of the molecule is C#CC[C@H](NC(=O)OC(C)(C)C)[C@H](C)O. The van der Waals surface area contributed by atoms with Crippen molar-refractivity contribution in [3.63, 3.8) is 0 Å². The van der Waals surface area contributed by atoms with Gasteiger partial charge in [-0.1, -0.05) is 0 Å². The highest BCUT2D eigenvalue weighted by atomic mass is 16.6. The number of ether oxygens (including phenoxy) is 1. The number of hydrogen-bond acceptors (Lipinski definition) is 3. The normalized spacial score (nSPS) is 14.9. The fourth-order valence-electron chi connectivity index (χ4n) is 0.928. The summed E-state index contributed by atoms with van der Waals surface area (Å²) in [5, 5.41) is 11.8. The Morgan fingerprint density at radius 3 is 2.47 bits per heavy atom. The van der Waals surface area contributed by atoms with Gasteiger partial charge in [0.15, 0.2) is 0 Å². The van der Waals surface area contributed by atoms with Crippen LogP contribution in [0.1, 0.15) is 34.1 Å². The van der Waals surface area contributed by atoms with Gasteiger partial charge in [-0.3, -0.25) is 0 Å². The second-order valence-electron chi connectivity index (χ2n) is 4.40. The van der Waals surface area contributed by atoms with Crippen molar-refractivity contribution in [2.75, 3.05) is 0 Å². The van der Waals surface area contributed by atoms with Crippen molar-refractivity contribution >= 4 is 6.09 Å². The second kappa shape index (κ2) is 5.62. The van der Waals surface area contributed by atoms with E-state index in [9.17, 15) is 9.90 Å². The first-order valence-corrected chi connectivity index (χ1v) is 4.87. The number of aliphatic hydroxyl groups is 1. The lowest BCUT2D eigenvalue weighted by Crippen LogP contribution is -2.44. The van der Waals surface area contributed by atoms with Crippen molar-refractivity contribution in [1.82, 2.24) is 5.32 Å². The van der Waals surface area contributed by atoms with Crippen molar-refractivity contribution < 1.29 is 14.6 Å². The standard InChI is InChI=1S/C11H19NO3/c1-6-7-9(8(2)13)12-10(14)15-11(3,4)5/h1,8-9,13H,7H2,2-5H3,(H,12,14)/t8-,9-/m0/s1. The average Bonchev–Trinajstić information content (AvgIpc) is 1.99. The first-order valence-electron chi connectivity index (χ1n) is 4.87. The first kappa shape index (κ1) is 13.8. The van der Waals surface area contributed by atoms with Crippen LogP contribution in [0, 0.1) is 12.3 Å². The Morgan fingerprint density at radius 2 is 2.13 bits per heavy atom. The van der Waals surface area contributed by atoms with Crippen LogP contribution in [-0.4, -0.2) is 28.9 Å². The lowest BCUT2D eigenvalue weighted by atomic mass is 10.1. The fourth-order valence-corrected chi connectivity index (χ4v) is 0.928. The zero-order chi connectivity index (χ0) is 12.1. The Kier molecular flexibility index (Phi) is 5.16. The van der Waals surface area contributed by atoms with Gasteiger partial charge in [-0.05, 0) is 27.7 Å². The summed E-state index contributed by atoms with van der Waals surface area (Å²) >= 11 is 0. The van der Waals surface area contributed by atoms with Crippen LogP contribution >= 0.6 is 0 Å². The van der Waals surface area contributed by atoms with E-state index in [1.165, 1.54) is 0 Å². The molecule has 0 saturated heterocycles. The first-order chi connectivity index (χ1) is 6.76. The molecule has 0 saturated carbocycles. The molecule has 2 N–H and O–H groups in total. The number of alkyl carbamates (subject to hydrolysis) is 1. The molecule has 0 radical (unpaired) electrons. The van der Waals surface area contributed by atoms with Crippen LogP contribution < -0.4 is 5.32 Å². The Hall–Kier alpha value is -1.21. The van der Waals surface area contributed by atoms with Gasteiger partial charge in [0.25, 0.3) is 0 Å². The van der Waals surface area contributed by atoms with Gasteiger partial charge in [0.2, 0.25) is 0 Å². The minimum atomic E-state index is -0.700. The molecule has 0 unspecified atom stereocenters. The summed E-state index contributed by atoms with van der Waals surface area (Å²) in [5.74, 6) is 2.39. The number of rotatable bonds is 3. The predicted molar refractivity (Wildman–Crippen MR) is 58.3 cm³/mol. The van der Waals surface area contributed by atoms with Gasteiger partial charge in [-0.15, -0.1) is 12.3 Å². The van der Waals surface area contributed by atoms with E-state index in [2.05, 4.69) is 11.2 Å². The highest BCUT2D eigenvalue weighted by Gasteiger charge is 2.21. The Labute approximate surface area is 91.0 Å². The molecule has 0 aliphatic heterocycles. The molecule has 86 valence electrons. The number of terminal acetylenes is 1. The molecule has 0 aromatic heterocycles. The molecular weight excluding hydrogens is 194 g/mol. The molecule has 0 fully saturated rings. The third-order valence-corrected chi connectivity index (χ3v) is 1.62. The zero-order valence-electron chi connectivity index (χ0n) is 9.70. The summed E-state index contributed by atoms with van der Waals surface area (Å²) in [5.41, 5.74) is -0.552. The number of carbonyl (C=O) groups is 1. The van der Waals surface area contributed by atoms with E-state index < -0.39 is 23.8 Å². The summed E-state index contributed by atoms with van der Waals surface area (Å²) in [6.45, 7) is 6.88. The van der Waals surface area contributed by atoms with E-state index in [1.807, 2.05) is 0 Å². The van der Waals surface area contributed by atoms with Gasteiger partial charge in [-0.25, -0.2) is 4.79 Å². The highest BCUT2D eigenvalue weighted by molar-refractivity contribution is 5.68. The van der Waals surface area contributed by atoms with Crippen LogP contribution in [0.4, 0.5) is 4.79 Å². The van der Waals surface area contributed by atoms with E-state index in [0.29, 0.717) is 0 Å². The fraction of sp³-hybridized carbons (Fsp3) is 0.727. The van der Waals surface area contributed by atoms with Crippen LogP contribution in [0.3, 0.4) is 0 Å². The molecule has 1 amide bonds. The summed E-state index contributed by atoms with van der Waals surface area (Å²) in [6.07, 6.45) is 4.13. The maximum absolute atomic E-state index is 11.3. The van der Waals surface area contributed by atoms with Crippen LogP contribution in [0.15, 0.2) is 0 Å². The summed E-state index contributed by atoms with van der Waals surface area (Å²) in [7, 11) is 0. The Morgan fingerprint density at radius 1 is 1.60 bits per heavy atom. The van der Waals surface area contributed by atoms with Crippen molar-refractivity contribution in [1.29, 1.82) is 0 Å². The second-order valence-corrected chi connectivity index (χ2v) is 4.40. The van der Waals surface area contributed by atoms with Crippen molar-refractivity contribution in [3.8, 4) is 12.3 Å². The van der Waals surface area contributed by atoms with Gasteiger partial charge < -0.3 is 15.2 Å². The van der Waals surface area contributed by atoms with E-state index in [-0.39, 0.29) is 6.42 Å². The minimum absolute atomic E-state index is 0.275. The maximum Gasteiger partial charge on any atom is 0.407 e. The molecule has 0 aromatic carbocycles. The van der Waals surface area contributed by atoms with Gasteiger partial charge in [0, 0.05) is 6.42 Å². The molecular formula is C11H19NO3. The average molecular weight is 213 g/mol. The predicted octanol–water partition coefficient (Wildman–Crippen LogP) is 1.28. The van der Waals surface area contributed by atoms with Crippen molar-refractivity contribution in [2.45, 2.75) is 51.9 Å². The minimum Gasteiger partial charge on any atom is -0.444 e.